The van der Waals surface area contributed by atoms with Crippen LogP contribution in [-0.4, -0.2) is 18.9 Å². The summed E-state index contributed by atoms with van der Waals surface area (Å²) in [6.07, 6.45) is 3.21. The molecule has 0 saturated carbocycles. The van der Waals surface area contributed by atoms with Crippen LogP contribution in [0.15, 0.2) is 108 Å². The Morgan fingerprint density at radius 1 is 0.838 bits per heavy atom. The van der Waals surface area contributed by atoms with Gasteiger partial charge in [0, 0.05) is 21.5 Å². The van der Waals surface area contributed by atoms with Gasteiger partial charge in [-0.2, -0.15) is 0 Å². The molecule has 4 aromatic carbocycles. The number of ether oxygens (including phenoxy) is 2. The maximum atomic E-state index is 13.4. The van der Waals surface area contributed by atoms with Gasteiger partial charge in [0.2, 0.25) is 0 Å². The molecule has 0 fully saturated rings. The molecule has 1 heterocycles. The van der Waals surface area contributed by atoms with Gasteiger partial charge in [0.25, 0.3) is 0 Å². The molecule has 6 heteroatoms. The Hall–Kier alpha value is -4.61. The summed E-state index contributed by atoms with van der Waals surface area (Å²) in [6.45, 7) is 0. The van der Waals surface area contributed by atoms with Gasteiger partial charge >= 0.3 is 5.97 Å². The van der Waals surface area contributed by atoms with Crippen LogP contribution in [-0.2, 0) is 0 Å². The predicted molar refractivity (Wildman–Crippen MR) is 144 cm³/mol. The van der Waals surface area contributed by atoms with Crippen molar-refractivity contribution in [1.82, 2.24) is 0 Å². The molecule has 0 radical (unpaired) electrons. The summed E-state index contributed by atoms with van der Waals surface area (Å²) in [4.78, 5) is 25.9. The molecule has 37 heavy (non-hydrogen) atoms. The first-order chi connectivity index (χ1) is 18.0. The molecule has 0 N–H and O–H groups in total. The number of hydrogen-bond acceptors (Lipinski definition) is 5. The number of ketones is 1. The topological polar surface area (TPSA) is 65.7 Å². The fraction of sp³-hybridized carbons (Fsp3) is 0.0323. The number of benzene rings is 4. The Balaban J connectivity index is 1.39. The first-order valence-corrected chi connectivity index (χ1v) is 11.9. The van der Waals surface area contributed by atoms with E-state index in [1.165, 1.54) is 6.08 Å². The van der Waals surface area contributed by atoms with E-state index < -0.39 is 5.97 Å². The van der Waals surface area contributed by atoms with E-state index >= 15 is 0 Å². The number of hydrogen-bond donors (Lipinski definition) is 0. The van der Waals surface area contributed by atoms with Crippen LogP contribution < -0.4 is 9.47 Å². The molecule has 0 bridgehead atoms. The number of carbonyl (C=O) groups excluding carboxylic acids is 2. The SMILES string of the molecule is COc1ccc2oc(-c3ccccc3)c(C(=O)Oc3ccc(C(=O)C=Cc4ccc(Cl)cc4)cc3)c2c1. The van der Waals surface area contributed by atoms with Gasteiger partial charge in [-0.3, -0.25) is 4.79 Å². The molecule has 0 aliphatic heterocycles. The molecular weight excluding hydrogens is 488 g/mol. The maximum absolute atomic E-state index is 13.4. The van der Waals surface area contributed by atoms with Gasteiger partial charge in [-0.05, 0) is 66.2 Å². The lowest BCUT2D eigenvalue weighted by Crippen LogP contribution is -2.09. The Bertz CT molecular complexity index is 1600. The van der Waals surface area contributed by atoms with Crippen molar-refractivity contribution in [2.75, 3.05) is 7.11 Å². The van der Waals surface area contributed by atoms with E-state index in [1.807, 2.05) is 42.5 Å². The van der Waals surface area contributed by atoms with Crippen molar-refractivity contribution in [2.45, 2.75) is 0 Å². The van der Waals surface area contributed by atoms with Crippen LogP contribution in [0.3, 0.4) is 0 Å². The summed E-state index contributed by atoms with van der Waals surface area (Å²) in [5.41, 5.74) is 2.92. The van der Waals surface area contributed by atoms with Gasteiger partial charge in [0.15, 0.2) is 5.78 Å². The standard InChI is InChI=1S/C31H21ClO5/c1-35-25-16-18-28-26(19-25)29(30(37-28)22-5-3-2-4-6-22)31(34)36-24-14-10-21(11-15-24)27(33)17-9-20-7-12-23(32)13-8-20/h2-19H,1H3. The van der Waals surface area contributed by atoms with Crippen molar-refractivity contribution in [3.8, 4) is 22.8 Å². The van der Waals surface area contributed by atoms with E-state index in [1.54, 1.807) is 67.8 Å². The second-order valence-electron chi connectivity index (χ2n) is 8.20. The summed E-state index contributed by atoms with van der Waals surface area (Å²) >= 11 is 5.90. The minimum absolute atomic E-state index is 0.174. The molecule has 0 spiro atoms. The van der Waals surface area contributed by atoms with Crippen molar-refractivity contribution in [1.29, 1.82) is 0 Å². The smallest absolute Gasteiger partial charge is 0.348 e. The molecule has 5 aromatic rings. The van der Waals surface area contributed by atoms with Gasteiger partial charge in [-0.25, -0.2) is 4.79 Å². The fourth-order valence-electron chi connectivity index (χ4n) is 3.89. The zero-order valence-corrected chi connectivity index (χ0v) is 20.6. The number of rotatable bonds is 7. The van der Waals surface area contributed by atoms with Crippen molar-refractivity contribution < 1.29 is 23.5 Å². The van der Waals surface area contributed by atoms with E-state index in [9.17, 15) is 9.59 Å². The average molecular weight is 509 g/mol. The number of furan rings is 1. The molecule has 0 amide bonds. The molecule has 0 saturated heterocycles. The van der Waals surface area contributed by atoms with Gasteiger partial charge in [-0.15, -0.1) is 0 Å². The van der Waals surface area contributed by atoms with Crippen LogP contribution in [0.4, 0.5) is 0 Å². The van der Waals surface area contributed by atoms with E-state index in [4.69, 9.17) is 25.5 Å². The fourth-order valence-corrected chi connectivity index (χ4v) is 4.01. The number of fused-ring (bicyclic) bond motifs is 1. The van der Waals surface area contributed by atoms with Gasteiger partial charge in [0.1, 0.15) is 28.4 Å². The van der Waals surface area contributed by atoms with Gasteiger partial charge in [-0.1, -0.05) is 60.1 Å². The zero-order chi connectivity index (χ0) is 25.8. The van der Waals surface area contributed by atoms with Crippen LogP contribution in [0.2, 0.25) is 5.02 Å². The second kappa shape index (κ2) is 10.6. The Morgan fingerprint density at radius 2 is 1.54 bits per heavy atom. The van der Waals surface area contributed by atoms with Crippen molar-refractivity contribution in [2.24, 2.45) is 0 Å². The lowest BCUT2D eigenvalue weighted by atomic mass is 10.1. The summed E-state index contributed by atoms with van der Waals surface area (Å²) in [7, 11) is 1.56. The van der Waals surface area contributed by atoms with Crippen molar-refractivity contribution >= 4 is 40.4 Å². The molecule has 0 aliphatic rings. The molecule has 5 rings (SSSR count). The Morgan fingerprint density at radius 3 is 2.24 bits per heavy atom. The zero-order valence-electron chi connectivity index (χ0n) is 19.8. The van der Waals surface area contributed by atoms with Crippen LogP contribution in [0.5, 0.6) is 11.5 Å². The van der Waals surface area contributed by atoms with E-state index in [-0.39, 0.29) is 5.78 Å². The summed E-state index contributed by atoms with van der Waals surface area (Å²) in [5, 5.41) is 1.22. The van der Waals surface area contributed by atoms with Crippen LogP contribution >= 0.6 is 11.6 Å². The third-order valence-electron chi connectivity index (χ3n) is 5.78. The second-order valence-corrected chi connectivity index (χ2v) is 8.63. The average Bonchev–Trinajstić information content (AvgIpc) is 3.32. The first-order valence-electron chi connectivity index (χ1n) is 11.5. The van der Waals surface area contributed by atoms with Crippen molar-refractivity contribution in [3.63, 3.8) is 0 Å². The Labute approximate surface area is 218 Å². The molecule has 1 aromatic heterocycles. The summed E-state index contributed by atoms with van der Waals surface area (Å²) in [5.74, 6) is 0.559. The highest BCUT2D eigenvalue weighted by Gasteiger charge is 2.24. The highest BCUT2D eigenvalue weighted by atomic mass is 35.5. The monoisotopic (exact) mass is 508 g/mol. The molecular formula is C31H21ClO5. The highest BCUT2D eigenvalue weighted by molar-refractivity contribution is 6.30. The third kappa shape index (κ3) is 5.32. The highest BCUT2D eigenvalue weighted by Crippen LogP contribution is 2.36. The number of esters is 1. The van der Waals surface area contributed by atoms with Crippen LogP contribution in [0, 0.1) is 0 Å². The quantitative estimate of drug-likeness (QED) is 0.0968. The first kappa shape index (κ1) is 24.1. The van der Waals surface area contributed by atoms with Crippen LogP contribution in [0.25, 0.3) is 28.4 Å². The van der Waals surface area contributed by atoms with E-state index in [0.29, 0.717) is 44.4 Å². The van der Waals surface area contributed by atoms with Gasteiger partial charge < -0.3 is 13.9 Å². The predicted octanol–water partition coefficient (Wildman–Crippen LogP) is 7.88. The lowest BCUT2D eigenvalue weighted by molar-refractivity contribution is 0.0737. The minimum Gasteiger partial charge on any atom is -0.497 e. The minimum atomic E-state index is -0.576. The third-order valence-corrected chi connectivity index (χ3v) is 6.03. The molecule has 0 unspecified atom stereocenters. The Kier molecular flexibility index (Phi) is 6.88. The molecule has 0 aliphatic carbocycles. The molecule has 0 atom stereocenters. The molecule has 5 nitrogen and oxygen atoms in total. The lowest BCUT2D eigenvalue weighted by Gasteiger charge is -2.06. The number of allylic oxidation sites excluding steroid dienone is 1. The van der Waals surface area contributed by atoms with E-state index in [2.05, 4.69) is 0 Å². The number of carbonyl (C=O) groups is 2. The number of methoxy groups -OCH3 is 1. The normalized spacial score (nSPS) is 11.1. The van der Waals surface area contributed by atoms with E-state index in [0.717, 1.165) is 11.1 Å². The van der Waals surface area contributed by atoms with Gasteiger partial charge in [0.05, 0.1) is 7.11 Å². The largest absolute Gasteiger partial charge is 0.497 e. The van der Waals surface area contributed by atoms with Crippen LogP contribution in [0.1, 0.15) is 26.3 Å². The molecule has 182 valence electrons. The van der Waals surface area contributed by atoms with Crippen molar-refractivity contribution in [3.05, 3.63) is 125 Å². The summed E-state index contributed by atoms with van der Waals surface area (Å²) in [6, 6.07) is 28.2. The maximum Gasteiger partial charge on any atom is 0.348 e. The summed E-state index contributed by atoms with van der Waals surface area (Å²) < 4.78 is 17.1. The number of halogens is 1.